The molecule has 0 radical (unpaired) electrons. The molecule has 1 aromatic carbocycles. The monoisotopic (exact) mass is 287 g/mol. The topological polar surface area (TPSA) is 46.2 Å². The van der Waals surface area contributed by atoms with Gasteiger partial charge in [0.2, 0.25) is 0 Å². The van der Waals surface area contributed by atoms with Crippen LogP contribution in [0.3, 0.4) is 0 Å². The molecule has 82 valence electrons. The molecule has 3 N–H and O–H groups in total. The molecule has 0 spiro atoms. The number of hydrogen-bond donors (Lipinski definition) is 2. The first-order chi connectivity index (χ1) is 7.20. The number of aliphatic hydroxyl groups is 1. The van der Waals surface area contributed by atoms with Crippen LogP contribution in [0, 0.1) is 0 Å². The van der Waals surface area contributed by atoms with E-state index in [9.17, 15) is 0 Å². The normalized spacial score (nSPS) is 17.8. The Kier molecular flexibility index (Phi) is 3.72. The lowest BCUT2D eigenvalue weighted by atomic mass is 10.1. The fourth-order valence-electron chi connectivity index (χ4n) is 1.31. The molecular weight excluding hydrogens is 274 g/mol. The van der Waals surface area contributed by atoms with Crippen LogP contribution in [0.15, 0.2) is 27.6 Å². The second-order valence-corrected chi connectivity index (χ2v) is 5.99. The van der Waals surface area contributed by atoms with Crippen molar-refractivity contribution in [3.05, 3.63) is 28.2 Å². The summed E-state index contributed by atoms with van der Waals surface area (Å²) in [6, 6.07) is 5.81. The van der Waals surface area contributed by atoms with E-state index < -0.39 is 0 Å². The van der Waals surface area contributed by atoms with Gasteiger partial charge in [0.05, 0.1) is 12.6 Å². The van der Waals surface area contributed by atoms with E-state index in [2.05, 4.69) is 22.0 Å². The number of thioether (sulfide) groups is 1. The third kappa shape index (κ3) is 2.97. The summed E-state index contributed by atoms with van der Waals surface area (Å²) in [5.41, 5.74) is 6.73. The standard InChI is InChI=1S/C11H14BrNOS/c12-9-5-7(10(13)6-14)1-4-11(9)15-8-2-3-8/h1,4-5,8,10,14H,2-3,6,13H2. The summed E-state index contributed by atoms with van der Waals surface area (Å²) < 4.78 is 1.08. The molecule has 15 heavy (non-hydrogen) atoms. The van der Waals surface area contributed by atoms with Gasteiger partial charge in [0.25, 0.3) is 0 Å². The molecular formula is C11H14BrNOS. The Labute approximate surface area is 102 Å². The van der Waals surface area contributed by atoms with Gasteiger partial charge in [-0.3, -0.25) is 0 Å². The maximum Gasteiger partial charge on any atom is 0.0624 e. The molecule has 1 aromatic rings. The zero-order valence-corrected chi connectivity index (χ0v) is 10.7. The number of hydrogen-bond acceptors (Lipinski definition) is 3. The molecule has 0 heterocycles. The molecule has 1 atom stereocenters. The van der Waals surface area contributed by atoms with Crippen molar-refractivity contribution in [3.8, 4) is 0 Å². The first-order valence-electron chi connectivity index (χ1n) is 5.03. The predicted octanol–water partition coefficient (Wildman–Crippen LogP) is 2.70. The van der Waals surface area contributed by atoms with E-state index in [0.717, 1.165) is 15.3 Å². The third-order valence-electron chi connectivity index (χ3n) is 2.40. The molecule has 0 aliphatic heterocycles. The minimum absolute atomic E-state index is 0.0123. The van der Waals surface area contributed by atoms with Crippen molar-refractivity contribution in [2.75, 3.05) is 6.61 Å². The van der Waals surface area contributed by atoms with Crippen LogP contribution in [-0.4, -0.2) is 17.0 Å². The summed E-state index contributed by atoms with van der Waals surface area (Å²) in [6.07, 6.45) is 2.66. The molecule has 1 aliphatic rings. The Morgan fingerprint density at radius 2 is 2.27 bits per heavy atom. The second kappa shape index (κ2) is 4.87. The van der Waals surface area contributed by atoms with E-state index in [0.29, 0.717) is 0 Å². The van der Waals surface area contributed by atoms with Gasteiger partial charge in [0, 0.05) is 14.6 Å². The Morgan fingerprint density at radius 1 is 1.53 bits per heavy atom. The largest absolute Gasteiger partial charge is 0.394 e. The van der Waals surface area contributed by atoms with E-state index in [-0.39, 0.29) is 12.6 Å². The van der Waals surface area contributed by atoms with Gasteiger partial charge >= 0.3 is 0 Å². The molecule has 4 heteroatoms. The number of aliphatic hydroxyl groups excluding tert-OH is 1. The highest BCUT2D eigenvalue weighted by Gasteiger charge is 2.23. The van der Waals surface area contributed by atoms with Crippen molar-refractivity contribution in [3.63, 3.8) is 0 Å². The lowest BCUT2D eigenvalue weighted by molar-refractivity contribution is 0.268. The van der Waals surface area contributed by atoms with E-state index in [4.69, 9.17) is 10.8 Å². The van der Waals surface area contributed by atoms with Gasteiger partial charge in [0.15, 0.2) is 0 Å². The molecule has 0 bridgehead atoms. The first kappa shape index (κ1) is 11.5. The minimum atomic E-state index is -0.277. The molecule has 0 saturated heterocycles. The predicted molar refractivity (Wildman–Crippen MR) is 67.0 cm³/mol. The SMILES string of the molecule is NC(CO)c1ccc(SC2CC2)c(Br)c1. The summed E-state index contributed by atoms with van der Waals surface area (Å²) in [5, 5.41) is 9.76. The number of nitrogens with two attached hydrogens (primary N) is 1. The summed E-state index contributed by atoms with van der Waals surface area (Å²) in [7, 11) is 0. The van der Waals surface area contributed by atoms with Gasteiger partial charge in [-0.15, -0.1) is 11.8 Å². The number of halogens is 1. The van der Waals surface area contributed by atoms with Crippen molar-refractivity contribution in [2.24, 2.45) is 5.73 Å². The molecule has 2 rings (SSSR count). The first-order valence-corrected chi connectivity index (χ1v) is 6.70. The summed E-state index contributed by atoms with van der Waals surface area (Å²) in [4.78, 5) is 1.27. The zero-order chi connectivity index (χ0) is 10.8. The lowest BCUT2D eigenvalue weighted by Crippen LogP contribution is -2.14. The molecule has 0 aromatic heterocycles. The highest BCUT2D eigenvalue weighted by molar-refractivity contribution is 9.10. The van der Waals surface area contributed by atoms with Gasteiger partial charge in [-0.2, -0.15) is 0 Å². The minimum Gasteiger partial charge on any atom is -0.394 e. The molecule has 1 saturated carbocycles. The van der Waals surface area contributed by atoms with Crippen LogP contribution in [0.25, 0.3) is 0 Å². The fraction of sp³-hybridized carbons (Fsp3) is 0.455. The Hall–Kier alpha value is -0.0300. The van der Waals surface area contributed by atoms with Crippen LogP contribution in [0.1, 0.15) is 24.4 Å². The van der Waals surface area contributed by atoms with Crippen molar-refractivity contribution < 1.29 is 5.11 Å². The van der Waals surface area contributed by atoms with Crippen LogP contribution in [0.2, 0.25) is 0 Å². The van der Waals surface area contributed by atoms with Crippen LogP contribution in [0.4, 0.5) is 0 Å². The summed E-state index contributed by atoms with van der Waals surface area (Å²) >= 11 is 5.46. The van der Waals surface area contributed by atoms with Gasteiger partial charge in [-0.25, -0.2) is 0 Å². The van der Waals surface area contributed by atoms with Gasteiger partial charge < -0.3 is 10.8 Å². The Balaban J connectivity index is 2.13. The quantitative estimate of drug-likeness (QED) is 0.895. The summed E-state index contributed by atoms with van der Waals surface area (Å²) in [6.45, 7) is -0.0123. The molecule has 1 unspecified atom stereocenters. The molecule has 1 aliphatic carbocycles. The summed E-state index contributed by atoms with van der Waals surface area (Å²) in [5.74, 6) is 0. The molecule has 2 nitrogen and oxygen atoms in total. The van der Waals surface area contributed by atoms with Crippen molar-refractivity contribution in [1.29, 1.82) is 0 Å². The Morgan fingerprint density at radius 3 is 2.80 bits per heavy atom. The van der Waals surface area contributed by atoms with Crippen molar-refractivity contribution >= 4 is 27.7 Å². The Bertz CT molecular complexity index is 354. The average Bonchev–Trinajstić information content (AvgIpc) is 3.04. The van der Waals surface area contributed by atoms with E-state index in [1.54, 1.807) is 0 Å². The zero-order valence-electron chi connectivity index (χ0n) is 8.32. The van der Waals surface area contributed by atoms with E-state index >= 15 is 0 Å². The molecule has 0 amide bonds. The smallest absolute Gasteiger partial charge is 0.0624 e. The van der Waals surface area contributed by atoms with Crippen LogP contribution < -0.4 is 5.73 Å². The van der Waals surface area contributed by atoms with Crippen LogP contribution in [-0.2, 0) is 0 Å². The maximum atomic E-state index is 8.96. The van der Waals surface area contributed by atoms with E-state index in [1.165, 1.54) is 17.7 Å². The van der Waals surface area contributed by atoms with Gasteiger partial charge in [-0.1, -0.05) is 6.07 Å². The van der Waals surface area contributed by atoms with Crippen molar-refractivity contribution in [1.82, 2.24) is 0 Å². The van der Waals surface area contributed by atoms with E-state index in [1.807, 2.05) is 23.9 Å². The third-order valence-corrected chi connectivity index (χ3v) is 4.73. The fourth-order valence-corrected chi connectivity index (χ4v) is 3.04. The number of rotatable bonds is 4. The van der Waals surface area contributed by atoms with Crippen LogP contribution in [0.5, 0.6) is 0 Å². The molecule has 1 fully saturated rings. The highest BCUT2D eigenvalue weighted by atomic mass is 79.9. The van der Waals surface area contributed by atoms with Crippen molar-refractivity contribution in [2.45, 2.75) is 29.0 Å². The number of benzene rings is 1. The highest BCUT2D eigenvalue weighted by Crippen LogP contribution is 2.42. The second-order valence-electron chi connectivity index (χ2n) is 3.80. The lowest BCUT2D eigenvalue weighted by Gasteiger charge is -2.11. The average molecular weight is 288 g/mol. The van der Waals surface area contributed by atoms with Crippen LogP contribution >= 0.6 is 27.7 Å². The van der Waals surface area contributed by atoms with Gasteiger partial charge in [-0.05, 0) is 46.5 Å². The maximum absolute atomic E-state index is 8.96. The van der Waals surface area contributed by atoms with Gasteiger partial charge in [0.1, 0.15) is 0 Å².